The van der Waals surface area contributed by atoms with Crippen LogP contribution in [0.2, 0.25) is 10.0 Å². The van der Waals surface area contributed by atoms with Gasteiger partial charge >= 0.3 is 11.9 Å². The molecule has 1 unspecified atom stereocenters. The molecule has 0 heterocycles. The van der Waals surface area contributed by atoms with E-state index in [-0.39, 0.29) is 29.6 Å². The Balaban J connectivity index is 2.26. The van der Waals surface area contributed by atoms with E-state index in [4.69, 9.17) is 32.7 Å². The first-order valence-corrected chi connectivity index (χ1v) is 8.50. The van der Waals surface area contributed by atoms with Crippen molar-refractivity contribution < 1.29 is 19.1 Å². The predicted octanol–water partition coefficient (Wildman–Crippen LogP) is 5.05. The maximum absolute atomic E-state index is 11.7. The Hall–Kier alpha value is -1.26. The maximum atomic E-state index is 11.7. The summed E-state index contributed by atoms with van der Waals surface area (Å²) in [5, 5.41) is 0.522. The summed E-state index contributed by atoms with van der Waals surface area (Å²) in [6.45, 7) is 4.56. The van der Waals surface area contributed by atoms with Crippen LogP contribution in [0.3, 0.4) is 0 Å². The van der Waals surface area contributed by atoms with Crippen molar-refractivity contribution in [2.45, 2.75) is 46.0 Å². The standard InChI is InChI=1S/C17H22Cl2O4/c1-3-6-12(2)11-22-15(20)9-5-10-16(21)23-14-8-4-7-13(18)17(14)19/h4,7-8,12H,3,5-6,9-11H2,1-2H3. The Morgan fingerprint density at radius 1 is 1.17 bits per heavy atom. The van der Waals surface area contributed by atoms with Gasteiger partial charge in [-0.3, -0.25) is 9.59 Å². The molecular formula is C17H22Cl2O4. The van der Waals surface area contributed by atoms with Gasteiger partial charge in [-0.15, -0.1) is 0 Å². The molecule has 0 amide bonds. The second-order valence-corrected chi connectivity index (χ2v) is 6.24. The number of halogens is 2. The van der Waals surface area contributed by atoms with E-state index in [0.717, 1.165) is 12.8 Å². The number of carbonyl (C=O) groups excluding carboxylic acids is 2. The third-order valence-electron chi connectivity index (χ3n) is 3.21. The van der Waals surface area contributed by atoms with E-state index in [0.29, 0.717) is 24.0 Å². The minimum atomic E-state index is -0.457. The maximum Gasteiger partial charge on any atom is 0.311 e. The molecule has 0 aliphatic heterocycles. The van der Waals surface area contributed by atoms with Crippen molar-refractivity contribution in [3.8, 4) is 5.75 Å². The van der Waals surface area contributed by atoms with Gasteiger partial charge in [0.15, 0.2) is 5.75 Å². The van der Waals surface area contributed by atoms with E-state index in [1.165, 1.54) is 0 Å². The number of hydrogen-bond donors (Lipinski definition) is 0. The fraction of sp³-hybridized carbons (Fsp3) is 0.529. The molecule has 0 aliphatic rings. The highest BCUT2D eigenvalue weighted by molar-refractivity contribution is 6.43. The van der Waals surface area contributed by atoms with Crippen LogP contribution in [0, 0.1) is 5.92 Å². The van der Waals surface area contributed by atoms with E-state index in [1.807, 2.05) is 6.92 Å². The lowest BCUT2D eigenvalue weighted by atomic mass is 10.1. The van der Waals surface area contributed by atoms with Crippen LogP contribution in [0.15, 0.2) is 18.2 Å². The Bertz CT molecular complexity index is 531. The SMILES string of the molecule is CCCC(C)COC(=O)CCCC(=O)Oc1cccc(Cl)c1Cl. The van der Waals surface area contributed by atoms with Crippen molar-refractivity contribution in [2.24, 2.45) is 5.92 Å². The average molecular weight is 361 g/mol. The molecule has 0 aliphatic carbocycles. The van der Waals surface area contributed by atoms with Gasteiger partial charge in [0, 0.05) is 12.8 Å². The third kappa shape index (κ3) is 7.71. The largest absolute Gasteiger partial charge is 0.465 e. The van der Waals surface area contributed by atoms with Crippen LogP contribution in [0.5, 0.6) is 5.75 Å². The molecule has 128 valence electrons. The summed E-state index contributed by atoms with van der Waals surface area (Å²) in [7, 11) is 0. The molecule has 0 aromatic heterocycles. The molecule has 6 heteroatoms. The highest BCUT2D eigenvalue weighted by atomic mass is 35.5. The second kappa shape index (κ2) is 10.5. The first kappa shape index (κ1) is 19.8. The topological polar surface area (TPSA) is 52.6 Å². The molecule has 1 atom stereocenters. The zero-order valence-corrected chi connectivity index (χ0v) is 15.0. The van der Waals surface area contributed by atoms with Crippen molar-refractivity contribution in [2.75, 3.05) is 6.61 Å². The van der Waals surface area contributed by atoms with Crippen molar-refractivity contribution in [3.63, 3.8) is 0 Å². The fourth-order valence-corrected chi connectivity index (χ4v) is 2.33. The Kier molecular flexibility index (Phi) is 9.03. The molecule has 0 radical (unpaired) electrons. The van der Waals surface area contributed by atoms with Crippen molar-refractivity contribution in [1.82, 2.24) is 0 Å². The summed E-state index contributed by atoms with van der Waals surface area (Å²) in [5.74, 6) is -0.165. The molecule has 23 heavy (non-hydrogen) atoms. The van der Waals surface area contributed by atoms with Crippen LogP contribution >= 0.6 is 23.2 Å². The van der Waals surface area contributed by atoms with E-state index in [9.17, 15) is 9.59 Å². The van der Waals surface area contributed by atoms with E-state index in [1.54, 1.807) is 18.2 Å². The number of rotatable bonds is 9. The molecule has 1 aromatic carbocycles. The van der Waals surface area contributed by atoms with Crippen molar-refractivity contribution >= 4 is 35.1 Å². The highest BCUT2D eigenvalue weighted by Crippen LogP contribution is 2.31. The van der Waals surface area contributed by atoms with Gasteiger partial charge in [0.25, 0.3) is 0 Å². The summed E-state index contributed by atoms with van der Waals surface area (Å²) in [6, 6.07) is 4.82. The predicted molar refractivity (Wildman–Crippen MR) is 91.0 cm³/mol. The summed E-state index contributed by atoms with van der Waals surface area (Å²) < 4.78 is 10.3. The summed E-state index contributed by atoms with van der Waals surface area (Å²) in [6.07, 6.45) is 2.77. The molecular weight excluding hydrogens is 339 g/mol. The molecule has 1 aromatic rings. The van der Waals surface area contributed by atoms with Gasteiger partial charge in [0.05, 0.1) is 11.6 Å². The van der Waals surface area contributed by atoms with Gasteiger partial charge in [-0.25, -0.2) is 0 Å². The minimum absolute atomic E-state index is 0.114. The Labute approximate surface area is 147 Å². The quantitative estimate of drug-likeness (QED) is 0.456. The normalized spacial score (nSPS) is 11.8. The zero-order chi connectivity index (χ0) is 17.2. The third-order valence-corrected chi connectivity index (χ3v) is 4.01. The molecule has 1 rings (SSSR count). The van der Waals surface area contributed by atoms with Gasteiger partial charge in [-0.1, -0.05) is 49.5 Å². The lowest BCUT2D eigenvalue weighted by Gasteiger charge is -2.10. The van der Waals surface area contributed by atoms with Gasteiger partial charge in [-0.05, 0) is 30.9 Å². The molecule has 4 nitrogen and oxygen atoms in total. The number of ether oxygens (including phenoxy) is 2. The van der Waals surface area contributed by atoms with Gasteiger partial charge in [0.1, 0.15) is 5.02 Å². The number of hydrogen-bond acceptors (Lipinski definition) is 4. The average Bonchev–Trinajstić information content (AvgIpc) is 2.50. The monoisotopic (exact) mass is 360 g/mol. The van der Waals surface area contributed by atoms with Gasteiger partial charge in [-0.2, -0.15) is 0 Å². The second-order valence-electron chi connectivity index (χ2n) is 5.46. The molecule has 0 fully saturated rings. The summed E-state index contributed by atoms with van der Waals surface area (Å²) >= 11 is 11.8. The lowest BCUT2D eigenvalue weighted by Crippen LogP contribution is -2.13. The van der Waals surface area contributed by atoms with Crippen LogP contribution in [0.1, 0.15) is 46.0 Å². The Morgan fingerprint density at radius 3 is 2.57 bits per heavy atom. The van der Waals surface area contributed by atoms with Crippen LogP contribution < -0.4 is 4.74 Å². The van der Waals surface area contributed by atoms with Crippen LogP contribution in [0.25, 0.3) is 0 Å². The highest BCUT2D eigenvalue weighted by Gasteiger charge is 2.12. The summed E-state index contributed by atoms with van der Waals surface area (Å²) in [4.78, 5) is 23.3. The first-order chi connectivity index (χ1) is 10.9. The van der Waals surface area contributed by atoms with E-state index in [2.05, 4.69) is 6.92 Å². The van der Waals surface area contributed by atoms with Crippen LogP contribution in [-0.2, 0) is 14.3 Å². The molecule has 0 bridgehead atoms. The van der Waals surface area contributed by atoms with Crippen molar-refractivity contribution in [3.05, 3.63) is 28.2 Å². The minimum Gasteiger partial charge on any atom is -0.465 e. The zero-order valence-electron chi connectivity index (χ0n) is 13.4. The fourth-order valence-electron chi connectivity index (χ4n) is 2.00. The van der Waals surface area contributed by atoms with Gasteiger partial charge < -0.3 is 9.47 Å². The smallest absolute Gasteiger partial charge is 0.311 e. The Morgan fingerprint density at radius 2 is 1.87 bits per heavy atom. The molecule has 0 saturated heterocycles. The summed E-state index contributed by atoms with van der Waals surface area (Å²) in [5.41, 5.74) is 0. The van der Waals surface area contributed by atoms with Crippen LogP contribution in [0.4, 0.5) is 0 Å². The number of benzene rings is 1. The van der Waals surface area contributed by atoms with Crippen LogP contribution in [-0.4, -0.2) is 18.5 Å². The lowest BCUT2D eigenvalue weighted by molar-refractivity contribution is -0.145. The first-order valence-electron chi connectivity index (χ1n) is 7.74. The molecule has 0 spiro atoms. The molecule has 0 N–H and O–H groups in total. The van der Waals surface area contributed by atoms with Gasteiger partial charge in [0.2, 0.25) is 0 Å². The van der Waals surface area contributed by atoms with Crippen molar-refractivity contribution in [1.29, 1.82) is 0 Å². The number of esters is 2. The van der Waals surface area contributed by atoms with E-state index < -0.39 is 5.97 Å². The molecule has 0 saturated carbocycles. The number of carbonyl (C=O) groups is 2. The van der Waals surface area contributed by atoms with E-state index >= 15 is 0 Å².